The standard InChI is InChI=1S/C18H13ClN4O/c19-11-7-5-10(6-8-11)16-17-13(9-15(22-16)18(24)23-20)12-3-1-2-4-14(12)21-17/h1-9,21H,20H2,(H,23,24). The van der Waals surface area contributed by atoms with E-state index in [4.69, 9.17) is 17.4 Å². The van der Waals surface area contributed by atoms with Crippen molar-refractivity contribution in [3.05, 3.63) is 65.3 Å². The summed E-state index contributed by atoms with van der Waals surface area (Å²) < 4.78 is 0. The zero-order chi connectivity index (χ0) is 16.7. The molecule has 2 heterocycles. The molecule has 4 aromatic rings. The molecule has 0 aliphatic carbocycles. The topological polar surface area (TPSA) is 83.8 Å². The third-order valence-electron chi connectivity index (χ3n) is 3.98. The molecule has 0 saturated heterocycles. The van der Waals surface area contributed by atoms with Gasteiger partial charge in [0.25, 0.3) is 5.91 Å². The number of H-pyrrole nitrogens is 1. The Morgan fingerprint density at radius 3 is 2.58 bits per heavy atom. The van der Waals surface area contributed by atoms with E-state index in [-0.39, 0.29) is 5.69 Å². The molecule has 2 aromatic carbocycles. The number of carbonyl (C=O) groups is 1. The average Bonchev–Trinajstić information content (AvgIpc) is 2.99. The van der Waals surface area contributed by atoms with Gasteiger partial charge in [0.05, 0.1) is 11.2 Å². The molecule has 0 radical (unpaired) electrons. The molecule has 4 N–H and O–H groups in total. The number of halogens is 1. The highest BCUT2D eigenvalue weighted by Gasteiger charge is 2.16. The maximum Gasteiger partial charge on any atom is 0.283 e. The van der Waals surface area contributed by atoms with Gasteiger partial charge in [0.1, 0.15) is 5.69 Å². The Labute approximate surface area is 142 Å². The smallest absolute Gasteiger partial charge is 0.283 e. The first-order valence-corrected chi connectivity index (χ1v) is 7.73. The third-order valence-corrected chi connectivity index (χ3v) is 4.23. The van der Waals surface area contributed by atoms with Crippen molar-refractivity contribution < 1.29 is 4.79 Å². The summed E-state index contributed by atoms with van der Waals surface area (Å²) in [5, 5.41) is 2.59. The number of rotatable bonds is 2. The van der Waals surface area contributed by atoms with Crippen molar-refractivity contribution in [2.24, 2.45) is 5.84 Å². The van der Waals surface area contributed by atoms with Gasteiger partial charge in [-0.1, -0.05) is 41.9 Å². The monoisotopic (exact) mass is 336 g/mol. The van der Waals surface area contributed by atoms with Crippen LogP contribution in [0.25, 0.3) is 33.1 Å². The highest BCUT2D eigenvalue weighted by molar-refractivity contribution is 6.30. The minimum atomic E-state index is -0.433. The van der Waals surface area contributed by atoms with Crippen LogP contribution in [0.4, 0.5) is 0 Å². The molecule has 2 aromatic heterocycles. The lowest BCUT2D eigenvalue weighted by atomic mass is 10.1. The van der Waals surface area contributed by atoms with Gasteiger partial charge in [-0.15, -0.1) is 0 Å². The predicted octanol–water partition coefficient (Wildman–Crippen LogP) is 3.64. The number of amides is 1. The van der Waals surface area contributed by atoms with E-state index in [1.165, 1.54) is 0 Å². The lowest BCUT2D eigenvalue weighted by molar-refractivity contribution is 0.0949. The quantitative estimate of drug-likeness (QED) is 0.297. The van der Waals surface area contributed by atoms with Crippen molar-refractivity contribution in [1.82, 2.24) is 15.4 Å². The molecule has 6 heteroatoms. The first kappa shape index (κ1) is 14.7. The van der Waals surface area contributed by atoms with Gasteiger partial charge in [0.15, 0.2) is 0 Å². The lowest BCUT2D eigenvalue weighted by Gasteiger charge is -2.07. The molecule has 0 unspecified atom stereocenters. The summed E-state index contributed by atoms with van der Waals surface area (Å²) in [6, 6.07) is 17.0. The number of benzene rings is 2. The second-order valence-corrected chi connectivity index (χ2v) is 5.87. The van der Waals surface area contributed by atoms with Gasteiger partial charge in [-0.25, -0.2) is 10.8 Å². The molecule has 24 heavy (non-hydrogen) atoms. The number of nitrogens with two attached hydrogens (primary N) is 1. The van der Waals surface area contributed by atoms with Crippen LogP contribution in [-0.2, 0) is 0 Å². The second-order valence-electron chi connectivity index (χ2n) is 5.43. The van der Waals surface area contributed by atoms with Crippen LogP contribution in [0.1, 0.15) is 10.5 Å². The summed E-state index contributed by atoms with van der Waals surface area (Å²) in [4.78, 5) is 19.9. The normalized spacial score (nSPS) is 11.1. The van der Waals surface area contributed by atoms with Gasteiger partial charge < -0.3 is 4.98 Å². The Morgan fingerprint density at radius 1 is 1.08 bits per heavy atom. The van der Waals surface area contributed by atoms with Crippen molar-refractivity contribution >= 4 is 39.3 Å². The van der Waals surface area contributed by atoms with E-state index < -0.39 is 5.91 Å². The first-order chi connectivity index (χ1) is 11.7. The van der Waals surface area contributed by atoms with Gasteiger partial charge >= 0.3 is 0 Å². The molecule has 0 aliphatic rings. The van der Waals surface area contributed by atoms with E-state index in [0.717, 1.165) is 27.4 Å². The van der Waals surface area contributed by atoms with Crippen LogP contribution in [0, 0.1) is 0 Å². The average molecular weight is 337 g/mol. The van der Waals surface area contributed by atoms with Gasteiger partial charge in [0, 0.05) is 26.9 Å². The Morgan fingerprint density at radius 2 is 1.83 bits per heavy atom. The van der Waals surface area contributed by atoms with E-state index in [1.807, 2.05) is 36.4 Å². The number of aromatic amines is 1. The molecule has 1 amide bonds. The van der Waals surface area contributed by atoms with Crippen LogP contribution in [0.15, 0.2) is 54.6 Å². The SMILES string of the molecule is NNC(=O)c1cc2c([nH]c3ccccc32)c(-c2ccc(Cl)cc2)n1. The fraction of sp³-hybridized carbons (Fsp3) is 0. The number of hydrogen-bond acceptors (Lipinski definition) is 3. The largest absolute Gasteiger partial charge is 0.353 e. The zero-order valence-electron chi connectivity index (χ0n) is 12.5. The van der Waals surface area contributed by atoms with Gasteiger partial charge in [-0.3, -0.25) is 10.2 Å². The minimum absolute atomic E-state index is 0.264. The molecule has 0 atom stereocenters. The van der Waals surface area contributed by atoms with Crippen LogP contribution < -0.4 is 11.3 Å². The number of fused-ring (bicyclic) bond motifs is 3. The van der Waals surface area contributed by atoms with Crippen molar-refractivity contribution in [1.29, 1.82) is 0 Å². The Hall–Kier alpha value is -2.89. The molecule has 0 saturated carbocycles. The van der Waals surface area contributed by atoms with Crippen molar-refractivity contribution in [2.75, 3.05) is 0 Å². The van der Waals surface area contributed by atoms with Crippen molar-refractivity contribution in [3.63, 3.8) is 0 Å². The third kappa shape index (κ3) is 2.31. The molecule has 0 bridgehead atoms. The number of nitrogens with one attached hydrogen (secondary N) is 2. The van der Waals surface area contributed by atoms with Gasteiger partial charge in [0.2, 0.25) is 0 Å². The molecule has 5 nitrogen and oxygen atoms in total. The molecule has 0 spiro atoms. The molecule has 118 valence electrons. The summed E-state index contributed by atoms with van der Waals surface area (Å²) in [5.74, 6) is 4.85. The molecule has 0 aliphatic heterocycles. The molecule has 0 fully saturated rings. The van der Waals surface area contributed by atoms with Crippen LogP contribution in [0.5, 0.6) is 0 Å². The summed E-state index contributed by atoms with van der Waals surface area (Å²) in [7, 11) is 0. The number of carbonyl (C=O) groups excluding carboxylic acids is 1. The summed E-state index contributed by atoms with van der Waals surface area (Å²) in [5.41, 5.74) is 5.80. The lowest BCUT2D eigenvalue weighted by Crippen LogP contribution is -2.30. The number of para-hydroxylation sites is 1. The Balaban J connectivity index is 2.09. The zero-order valence-corrected chi connectivity index (χ0v) is 13.3. The van der Waals surface area contributed by atoms with E-state index in [0.29, 0.717) is 10.7 Å². The predicted molar refractivity (Wildman–Crippen MR) is 95.7 cm³/mol. The number of pyridine rings is 1. The van der Waals surface area contributed by atoms with Crippen LogP contribution in [-0.4, -0.2) is 15.9 Å². The second kappa shape index (κ2) is 5.63. The number of hydrogen-bond donors (Lipinski definition) is 3. The van der Waals surface area contributed by atoms with E-state index in [2.05, 4.69) is 15.4 Å². The van der Waals surface area contributed by atoms with E-state index in [9.17, 15) is 4.79 Å². The molecular weight excluding hydrogens is 324 g/mol. The van der Waals surface area contributed by atoms with Crippen LogP contribution >= 0.6 is 11.6 Å². The van der Waals surface area contributed by atoms with Crippen LogP contribution in [0.3, 0.4) is 0 Å². The number of aromatic nitrogens is 2. The van der Waals surface area contributed by atoms with Gasteiger partial charge in [-0.05, 0) is 24.3 Å². The number of nitrogens with zero attached hydrogens (tertiary/aromatic N) is 1. The summed E-state index contributed by atoms with van der Waals surface area (Å²) >= 11 is 5.98. The van der Waals surface area contributed by atoms with Crippen molar-refractivity contribution in [2.45, 2.75) is 0 Å². The minimum Gasteiger partial charge on any atom is -0.353 e. The fourth-order valence-corrected chi connectivity index (χ4v) is 2.98. The first-order valence-electron chi connectivity index (χ1n) is 7.36. The highest BCUT2D eigenvalue weighted by atomic mass is 35.5. The highest BCUT2D eigenvalue weighted by Crippen LogP contribution is 2.33. The molecular formula is C18H13ClN4O. The number of nitrogen functional groups attached to an aromatic ring is 1. The Kier molecular flexibility index (Phi) is 3.45. The van der Waals surface area contributed by atoms with Crippen LogP contribution in [0.2, 0.25) is 5.02 Å². The Bertz CT molecular complexity index is 1070. The maximum atomic E-state index is 12.0. The maximum absolute atomic E-state index is 12.0. The number of hydrazine groups is 1. The van der Waals surface area contributed by atoms with Gasteiger partial charge in [-0.2, -0.15) is 0 Å². The van der Waals surface area contributed by atoms with E-state index >= 15 is 0 Å². The molecule has 4 rings (SSSR count). The fourth-order valence-electron chi connectivity index (χ4n) is 2.85. The van der Waals surface area contributed by atoms with E-state index in [1.54, 1.807) is 18.2 Å². The van der Waals surface area contributed by atoms with Crippen molar-refractivity contribution in [3.8, 4) is 11.3 Å². The summed E-state index contributed by atoms with van der Waals surface area (Å²) in [6.07, 6.45) is 0. The summed E-state index contributed by atoms with van der Waals surface area (Å²) in [6.45, 7) is 0.